The first-order valence-electron chi connectivity index (χ1n) is 9.81. The average Bonchev–Trinajstić information content (AvgIpc) is 3.43. The molecule has 2 heterocycles. The number of rotatable bonds is 8. The lowest BCUT2D eigenvalue weighted by Crippen LogP contribution is -2.41. The van der Waals surface area contributed by atoms with E-state index >= 15 is 0 Å². The second-order valence-electron chi connectivity index (χ2n) is 7.18. The molecule has 2 aromatic carbocycles. The van der Waals surface area contributed by atoms with Crippen LogP contribution in [-0.4, -0.2) is 54.7 Å². The Hall–Kier alpha value is -3.86. The predicted octanol–water partition coefficient (Wildman–Crippen LogP) is 0.531. The van der Waals surface area contributed by atoms with E-state index < -0.39 is 29.8 Å². The van der Waals surface area contributed by atoms with Crippen molar-refractivity contribution in [3.05, 3.63) is 48.3 Å². The van der Waals surface area contributed by atoms with Crippen molar-refractivity contribution in [2.45, 2.75) is 18.6 Å². The van der Waals surface area contributed by atoms with Crippen LogP contribution in [0.4, 0.5) is 10.1 Å². The third-order valence-electron chi connectivity index (χ3n) is 4.88. The van der Waals surface area contributed by atoms with Crippen LogP contribution >= 0.6 is 0 Å². The summed E-state index contributed by atoms with van der Waals surface area (Å²) in [5.41, 5.74) is 5.93. The molecule has 2 unspecified atom stereocenters. The fourth-order valence-corrected chi connectivity index (χ4v) is 3.23. The quantitative estimate of drug-likeness (QED) is 0.540. The van der Waals surface area contributed by atoms with Gasteiger partial charge in [0, 0.05) is 19.0 Å². The Labute approximate surface area is 182 Å². The molecule has 0 spiro atoms. The molecular formula is C21H21FN4O6. The molecule has 32 heavy (non-hydrogen) atoms. The Morgan fingerprint density at radius 2 is 2.00 bits per heavy atom. The number of halogens is 1. The van der Waals surface area contributed by atoms with Gasteiger partial charge in [-0.1, -0.05) is 0 Å². The zero-order valence-corrected chi connectivity index (χ0v) is 16.9. The van der Waals surface area contributed by atoms with Gasteiger partial charge in [-0.2, -0.15) is 5.10 Å². The Balaban J connectivity index is 1.31. The van der Waals surface area contributed by atoms with Crippen molar-refractivity contribution in [2.24, 2.45) is 10.8 Å². The van der Waals surface area contributed by atoms with Crippen molar-refractivity contribution in [1.29, 1.82) is 0 Å². The first-order valence-corrected chi connectivity index (χ1v) is 9.81. The average molecular weight is 444 g/mol. The molecule has 0 saturated heterocycles. The number of aliphatic hydroxyl groups is 1. The summed E-state index contributed by atoms with van der Waals surface area (Å²) in [7, 11) is 0. The van der Waals surface area contributed by atoms with Gasteiger partial charge >= 0.3 is 0 Å². The third kappa shape index (κ3) is 4.72. The Morgan fingerprint density at radius 1 is 1.25 bits per heavy atom. The highest BCUT2D eigenvalue weighted by molar-refractivity contribution is 6.40. The number of benzene rings is 2. The molecule has 4 rings (SSSR count). The molecule has 4 N–H and O–H groups in total. The number of carbonyl (C=O) groups is 2. The number of aliphatic hydroxyl groups excluding tert-OH is 1. The van der Waals surface area contributed by atoms with Gasteiger partial charge in [-0.3, -0.25) is 14.6 Å². The number of hydrazone groups is 1. The van der Waals surface area contributed by atoms with Crippen LogP contribution in [0.25, 0.3) is 0 Å². The highest BCUT2D eigenvalue weighted by Gasteiger charge is 2.35. The number of carbonyl (C=O) groups excluding carboxylic acids is 2. The lowest BCUT2D eigenvalue weighted by Gasteiger charge is -2.20. The lowest BCUT2D eigenvalue weighted by molar-refractivity contribution is -0.119. The van der Waals surface area contributed by atoms with Crippen molar-refractivity contribution < 1.29 is 33.3 Å². The molecule has 11 heteroatoms. The normalized spacial score (nSPS) is 17.6. The number of anilines is 1. The Kier molecular flexibility index (Phi) is 6.08. The summed E-state index contributed by atoms with van der Waals surface area (Å²) >= 11 is 0. The van der Waals surface area contributed by atoms with E-state index in [-0.39, 0.29) is 32.1 Å². The third-order valence-corrected chi connectivity index (χ3v) is 4.88. The first kappa shape index (κ1) is 21.4. The van der Waals surface area contributed by atoms with E-state index in [2.05, 4.69) is 10.4 Å². The molecule has 0 saturated carbocycles. The maximum atomic E-state index is 13.2. The monoisotopic (exact) mass is 444 g/mol. The molecule has 0 radical (unpaired) electrons. The second-order valence-corrected chi connectivity index (χ2v) is 7.18. The van der Waals surface area contributed by atoms with Crippen molar-refractivity contribution in [2.75, 3.05) is 25.0 Å². The molecule has 2 amide bonds. The molecule has 168 valence electrons. The Morgan fingerprint density at radius 3 is 2.75 bits per heavy atom. The highest BCUT2D eigenvalue weighted by Crippen LogP contribution is 2.35. The summed E-state index contributed by atoms with van der Waals surface area (Å²) in [5.74, 6) is -0.00627. The number of nitrogens with two attached hydrogens (primary N) is 1. The lowest BCUT2D eigenvalue weighted by atomic mass is 10.1. The van der Waals surface area contributed by atoms with E-state index in [9.17, 15) is 19.1 Å². The molecule has 10 nitrogen and oxygen atoms in total. The van der Waals surface area contributed by atoms with Crippen molar-refractivity contribution in [1.82, 2.24) is 5.32 Å². The van der Waals surface area contributed by atoms with E-state index in [4.69, 9.17) is 19.9 Å². The van der Waals surface area contributed by atoms with Gasteiger partial charge in [-0.05, 0) is 36.4 Å². The number of amides is 2. The van der Waals surface area contributed by atoms with Gasteiger partial charge in [0.2, 0.25) is 12.7 Å². The smallest absolute Gasteiger partial charge is 0.267 e. The minimum Gasteiger partial charge on any atom is -0.491 e. The summed E-state index contributed by atoms with van der Waals surface area (Å²) in [6, 6.07) is 9.47. The number of ether oxygens (including phenoxy) is 3. The van der Waals surface area contributed by atoms with Crippen LogP contribution in [0.3, 0.4) is 0 Å². The minimum absolute atomic E-state index is 0.0116. The van der Waals surface area contributed by atoms with E-state index in [1.54, 1.807) is 18.2 Å². The predicted molar refractivity (Wildman–Crippen MR) is 111 cm³/mol. The number of nitrogens with zero attached hydrogens (tertiary/aromatic N) is 2. The van der Waals surface area contributed by atoms with Crippen molar-refractivity contribution >= 4 is 23.2 Å². The van der Waals surface area contributed by atoms with Gasteiger partial charge in [0.15, 0.2) is 11.5 Å². The number of hydrogen-bond acceptors (Lipinski definition) is 8. The summed E-state index contributed by atoms with van der Waals surface area (Å²) in [5, 5.41) is 18.2. The fraction of sp³-hybridized carbons (Fsp3) is 0.286. The maximum Gasteiger partial charge on any atom is 0.267 e. The largest absolute Gasteiger partial charge is 0.491 e. The molecule has 0 fully saturated rings. The van der Waals surface area contributed by atoms with E-state index in [0.717, 1.165) is 0 Å². The first-order chi connectivity index (χ1) is 15.4. The summed E-state index contributed by atoms with van der Waals surface area (Å²) < 4.78 is 29.2. The van der Waals surface area contributed by atoms with Gasteiger partial charge in [0.25, 0.3) is 5.91 Å². The van der Waals surface area contributed by atoms with Crippen LogP contribution in [0, 0.1) is 5.82 Å². The molecular weight excluding hydrogens is 423 g/mol. The zero-order chi connectivity index (χ0) is 22.7. The van der Waals surface area contributed by atoms with Crippen LogP contribution < -0.4 is 30.3 Å². The molecule has 0 bridgehead atoms. The van der Waals surface area contributed by atoms with Crippen LogP contribution in [0.2, 0.25) is 0 Å². The van der Waals surface area contributed by atoms with Gasteiger partial charge in [0.1, 0.15) is 36.0 Å². The molecule has 2 atom stereocenters. The summed E-state index contributed by atoms with van der Waals surface area (Å²) in [6.07, 6.45) is -1.01. The molecule has 0 aliphatic carbocycles. The zero-order valence-electron chi connectivity index (χ0n) is 16.9. The van der Waals surface area contributed by atoms with Crippen LogP contribution in [0.1, 0.15) is 6.42 Å². The standard InChI is InChI=1S/C21H21FN4O6/c22-12-1-3-13(4-2-12)26-17(20(23)28)8-16(25-26)21(29)24-9-14(27)10-30-15-5-6-18-19(7-15)32-11-31-18/h1-7,14,17,27H,8-11H2,(H2,23,28)(H,24,29). The topological polar surface area (TPSA) is 136 Å². The maximum absolute atomic E-state index is 13.2. The summed E-state index contributed by atoms with van der Waals surface area (Å²) in [4.78, 5) is 24.3. The van der Waals surface area contributed by atoms with Gasteiger partial charge in [-0.15, -0.1) is 0 Å². The number of hydrogen-bond donors (Lipinski definition) is 3. The van der Waals surface area contributed by atoms with Gasteiger partial charge in [-0.25, -0.2) is 4.39 Å². The van der Waals surface area contributed by atoms with Crippen LogP contribution in [0.15, 0.2) is 47.6 Å². The van der Waals surface area contributed by atoms with Crippen molar-refractivity contribution in [3.63, 3.8) is 0 Å². The van der Waals surface area contributed by atoms with Crippen LogP contribution in [-0.2, 0) is 9.59 Å². The Bertz CT molecular complexity index is 1050. The summed E-state index contributed by atoms with van der Waals surface area (Å²) in [6.45, 7) is -0.0231. The highest BCUT2D eigenvalue weighted by atomic mass is 19.1. The minimum atomic E-state index is -0.994. The van der Waals surface area contributed by atoms with E-state index in [0.29, 0.717) is 22.9 Å². The van der Waals surface area contributed by atoms with Crippen LogP contribution in [0.5, 0.6) is 17.2 Å². The molecule has 2 aliphatic heterocycles. The molecule has 2 aromatic rings. The number of fused-ring (bicyclic) bond motifs is 1. The van der Waals surface area contributed by atoms with E-state index in [1.165, 1.54) is 29.3 Å². The van der Waals surface area contributed by atoms with E-state index in [1.807, 2.05) is 0 Å². The molecule has 0 aromatic heterocycles. The molecule has 2 aliphatic rings. The number of nitrogens with one attached hydrogen (secondary N) is 1. The fourth-order valence-electron chi connectivity index (χ4n) is 3.23. The second kappa shape index (κ2) is 9.10. The van der Waals surface area contributed by atoms with Gasteiger partial charge < -0.3 is 30.4 Å². The number of primary amides is 1. The van der Waals surface area contributed by atoms with Gasteiger partial charge in [0.05, 0.1) is 5.69 Å². The SMILES string of the molecule is NC(=O)C1CC(C(=O)NCC(O)COc2ccc3c(c2)OCO3)=NN1c1ccc(F)cc1. The van der Waals surface area contributed by atoms with Crippen molar-refractivity contribution in [3.8, 4) is 17.2 Å².